The first-order valence-electron chi connectivity index (χ1n) is 9.02. The molecule has 1 aromatic heterocycles. The van der Waals surface area contributed by atoms with Crippen molar-refractivity contribution in [1.29, 1.82) is 0 Å². The molecule has 0 aliphatic rings. The van der Waals surface area contributed by atoms with Gasteiger partial charge in [-0.3, -0.25) is 9.98 Å². The van der Waals surface area contributed by atoms with E-state index in [4.69, 9.17) is 0 Å². The van der Waals surface area contributed by atoms with Crippen LogP contribution in [0.25, 0.3) is 5.57 Å². The molecule has 146 valence electrons. The molecule has 0 saturated carbocycles. The highest BCUT2D eigenvalue weighted by atomic mass is 32.2. The number of pyridine rings is 1. The van der Waals surface area contributed by atoms with E-state index in [2.05, 4.69) is 9.98 Å². The van der Waals surface area contributed by atoms with Gasteiger partial charge >= 0.3 is 0 Å². The Morgan fingerprint density at radius 1 is 1.15 bits per heavy atom. The minimum atomic E-state index is -3.47. The predicted molar refractivity (Wildman–Crippen MR) is 116 cm³/mol. The van der Waals surface area contributed by atoms with Crippen LogP contribution >= 0.6 is 0 Å². The van der Waals surface area contributed by atoms with Gasteiger partial charge in [0.1, 0.15) is 0 Å². The van der Waals surface area contributed by atoms with Crippen LogP contribution in [0.4, 0.5) is 0 Å². The molecule has 0 bridgehead atoms. The van der Waals surface area contributed by atoms with Crippen LogP contribution in [-0.4, -0.2) is 24.9 Å². The second-order valence-corrected chi connectivity index (χ2v) is 8.91. The Bertz CT molecular complexity index is 908. The minimum Gasteiger partial charge on any atom is -0.261 e. The van der Waals surface area contributed by atoms with Crippen molar-refractivity contribution in [1.82, 2.24) is 4.98 Å². The smallest absolute Gasteiger partial charge is 0.178 e. The van der Waals surface area contributed by atoms with Crippen molar-refractivity contribution in [3.63, 3.8) is 0 Å². The predicted octanol–water partition coefficient (Wildman–Crippen LogP) is 5.52. The standard InChI is InChI=1S/C22H30N2O2S/c1-8-19(20-12-10-11-13-23-20)14-21(27(25,26)9-2)22(17(5)6)18(7)24-15-16(3)4/h8,10-15H,9H2,1-7H3/b19-8+,21-14+,24-18+. The van der Waals surface area contributed by atoms with Crippen molar-refractivity contribution in [2.45, 2.75) is 48.5 Å². The summed E-state index contributed by atoms with van der Waals surface area (Å²) in [5.74, 6) is 0.0186. The Balaban J connectivity index is 3.73. The van der Waals surface area contributed by atoms with Crippen LogP contribution in [0.5, 0.6) is 0 Å². The van der Waals surface area contributed by atoms with Crippen LogP contribution in [0, 0.1) is 0 Å². The van der Waals surface area contributed by atoms with Gasteiger partial charge in [0.15, 0.2) is 9.84 Å². The fourth-order valence-electron chi connectivity index (χ4n) is 2.53. The summed E-state index contributed by atoms with van der Waals surface area (Å²) in [5.41, 5.74) is 4.78. The number of hydrogen-bond donors (Lipinski definition) is 0. The Labute approximate surface area is 164 Å². The monoisotopic (exact) mass is 386 g/mol. The van der Waals surface area contributed by atoms with Gasteiger partial charge in [-0.1, -0.05) is 30.2 Å². The molecule has 0 aliphatic heterocycles. The lowest BCUT2D eigenvalue weighted by Gasteiger charge is -2.15. The van der Waals surface area contributed by atoms with Gasteiger partial charge in [0.2, 0.25) is 0 Å². The van der Waals surface area contributed by atoms with Gasteiger partial charge in [0, 0.05) is 23.7 Å². The van der Waals surface area contributed by atoms with E-state index < -0.39 is 9.84 Å². The van der Waals surface area contributed by atoms with E-state index in [9.17, 15) is 8.42 Å². The molecular weight excluding hydrogens is 356 g/mol. The van der Waals surface area contributed by atoms with E-state index in [1.165, 1.54) is 0 Å². The molecule has 0 unspecified atom stereocenters. The quantitative estimate of drug-likeness (QED) is 0.457. The minimum absolute atomic E-state index is 0.0186. The molecule has 0 aliphatic carbocycles. The first-order chi connectivity index (χ1) is 12.6. The molecule has 5 heteroatoms. The Morgan fingerprint density at radius 2 is 1.81 bits per heavy atom. The van der Waals surface area contributed by atoms with Crippen LogP contribution in [0.15, 0.2) is 69.4 Å². The van der Waals surface area contributed by atoms with Gasteiger partial charge in [0.25, 0.3) is 0 Å². The van der Waals surface area contributed by atoms with E-state index in [0.29, 0.717) is 11.3 Å². The largest absolute Gasteiger partial charge is 0.261 e. The molecule has 0 saturated heterocycles. The molecule has 1 heterocycles. The summed E-state index contributed by atoms with van der Waals surface area (Å²) in [6.07, 6.45) is 7.04. The van der Waals surface area contributed by atoms with Gasteiger partial charge in [-0.25, -0.2) is 8.42 Å². The van der Waals surface area contributed by atoms with Gasteiger partial charge in [-0.05, 0) is 65.3 Å². The highest BCUT2D eigenvalue weighted by Crippen LogP contribution is 2.27. The van der Waals surface area contributed by atoms with Crippen LogP contribution in [0.1, 0.15) is 54.2 Å². The zero-order valence-electron chi connectivity index (χ0n) is 17.4. The zero-order valence-corrected chi connectivity index (χ0v) is 18.2. The van der Waals surface area contributed by atoms with Gasteiger partial charge < -0.3 is 0 Å². The molecule has 0 N–H and O–H groups in total. The molecule has 0 radical (unpaired) electrons. The van der Waals surface area contributed by atoms with Crippen molar-refractivity contribution in [3.8, 4) is 0 Å². The molecule has 0 spiro atoms. The third kappa shape index (κ3) is 6.43. The van der Waals surface area contributed by atoms with Gasteiger partial charge in [-0.2, -0.15) is 0 Å². The van der Waals surface area contributed by atoms with Crippen molar-refractivity contribution in [2.24, 2.45) is 4.99 Å². The topological polar surface area (TPSA) is 59.4 Å². The summed E-state index contributed by atoms with van der Waals surface area (Å²) in [6.45, 7) is 13.1. The number of nitrogens with zero attached hydrogens (tertiary/aromatic N) is 2. The SMILES string of the molecule is C/C=C(\C=C(/C(=C(C)C)/C(C)=N/C=C(C)C)S(=O)(=O)CC)c1ccccn1. The number of hydrogen-bond acceptors (Lipinski definition) is 4. The lowest BCUT2D eigenvalue weighted by Crippen LogP contribution is -2.15. The van der Waals surface area contributed by atoms with Crippen LogP contribution in [-0.2, 0) is 9.84 Å². The van der Waals surface area contributed by atoms with Crippen LogP contribution in [0.3, 0.4) is 0 Å². The number of allylic oxidation sites excluding steroid dienone is 6. The highest BCUT2D eigenvalue weighted by Gasteiger charge is 2.23. The molecule has 1 rings (SSSR count). The molecule has 1 aromatic rings. The lowest BCUT2D eigenvalue weighted by molar-refractivity contribution is 0.603. The summed E-state index contributed by atoms with van der Waals surface area (Å²) in [7, 11) is -3.47. The van der Waals surface area contributed by atoms with E-state index >= 15 is 0 Å². The lowest BCUT2D eigenvalue weighted by atomic mass is 10.0. The summed E-state index contributed by atoms with van der Waals surface area (Å²) < 4.78 is 25.9. The molecular formula is C22H30N2O2S. The molecule has 0 fully saturated rings. The second-order valence-electron chi connectivity index (χ2n) is 6.67. The van der Waals surface area contributed by atoms with Crippen molar-refractivity contribution in [3.05, 3.63) is 70.1 Å². The van der Waals surface area contributed by atoms with Crippen molar-refractivity contribution < 1.29 is 8.42 Å². The summed E-state index contributed by atoms with van der Waals surface area (Å²) in [6, 6.07) is 5.59. The average molecular weight is 387 g/mol. The molecule has 0 atom stereocenters. The van der Waals surface area contributed by atoms with E-state index in [1.54, 1.807) is 25.4 Å². The third-order valence-corrected chi connectivity index (χ3v) is 5.65. The van der Waals surface area contributed by atoms with E-state index in [1.807, 2.05) is 65.8 Å². The zero-order chi connectivity index (χ0) is 20.6. The Hall–Kier alpha value is -2.27. The summed E-state index contributed by atoms with van der Waals surface area (Å²) in [5, 5.41) is 0. The molecule has 0 amide bonds. The van der Waals surface area contributed by atoms with Gasteiger partial charge in [0.05, 0.1) is 16.4 Å². The number of sulfone groups is 1. The van der Waals surface area contributed by atoms with Crippen LogP contribution in [0.2, 0.25) is 0 Å². The van der Waals surface area contributed by atoms with E-state index in [-0.39, 0.29) is 10.7 Å². The first-order valence-corrected chi connectivity index (χ1v) is 10.7. The molecule has 27 heavy (non-hydrogen) atoms. The Morgan fingerprint density at radius 3 is 2.26 bits per heavy atom. The summed E-state index contributed by atoms with van der Waals surface area (Å²) >= 11 is 0. The third-order valence-electron chi connectivity index (χ3n) is 3.90. The number of aliphatic imine (C=N–C) groups is 1. The first kappa shape index (κ1) is 22.8. The maximum Gasteiger partial charge on any atom is 0.178 e. The van der Waals surface area contributed by atoms with E-state index in [0.717, 1.165) is 22.4 Å². The molecule has 4 nitrogen and oxygen atoms in total. The fraction of sp³-hybridized carbons (Fsp3) is 0.364. The second kappa shape index (κ2) is 10.2. The van der Waals surface area contributed by atoms with Crippen molar-refractivity contribution in [2.75, 3.05) is 5.75 Å². The Kier molecular flexibility index (Phi) is 8.57. The van der Waals surface area contributed by atoms with Crippen LogP contribution < -0.4 is 0 Å². The number of aromatic nitrogens is 1. The number of rotatable bonds is 7. The summed E-state index contributed by atoms with van der Waals surface area (Å²) in [4.78, 5) is 9.12. The average Bonchev–Trinajstić information content (AvgIpc) is 2.63. The van der Waals surface area contributed by atoms with Crippen molar-refractivity contribution >= 4 is 21.1 Å². The highest BCUT2D eigenvalue weighted by molar-refractivity contribution is 7.95. The van der Waals surface area contributed by atoms with Gasteiger partial charge in [-0.15, -0.1) is 0 Å². The maximum atomic E-state index is 13.0. The maximum absolute atomic E-state index is 13.0. The molecule has 0 aromatic carbocycles. The fourth-order valence-corrected chi connectivity index (χ4v) is 3.81. The normalized spacial score (nSPS) is 13.4.